The summed E-state index contributed by atoms with van der Waals surface area (Å²) in [6, 6.07) is 0. The quantitative estimate of drug-likeness (QED) is 0.691. The first-order valence-electron chi connectivity index (χ1n) is 6.22. The monoisotopic (exact) mass is 256 g/mol. The Morgan fingerprint density at radius 1 is 1.19 bits per heavy atom. The van der Waals surface area contributed by atoms with Gasteiger partial charge in [-0.05, 0) is 38.2 Å². The average Bonchev–Trinajstić information content (AvgIpc) is 2.87. The molecule has 1 aliphatic carbocycles. The van der Waals surface area contributed by atoms with Crippen molar-refractivity contribution in [3.8, 4) is 0 Å². The number of unbranched alkanes of at least 4 members (excludes halogenated alkanes) is 1. The molecule has 0 saturated carbocycles. The van der Waals surface area contributed by atoms with Crippen molar-refractivity contribution in [3.05, 3.63) is 11.1 Å². The second kappa shape index (κ2) is 6.15. The Hall–Kier alpha value is 0.110. The van der Waals surface area contributed by atoms with Crippen molar-refractivity contribution in [3.63, 3.8) is 0 Å². The van der Waals surface area contributed by atoms with Crippen LogP contribution < -0.4 is 0 Å². The molecule has 16 heavy (non-hydrogen) atoms. The van der Waals surface area contributed by atoms with Gasteiger partial charge in [0.25, 0.3) is 0 Å². The number of thioether (sulfide) groups is 2. The largest absolute Gasteiger partial charge is 0.295 e. The van der Waals surface area contributed by atoms with Gasteiger partial charge in [-0.15, -0.1) is 23.5 Å². The van der Waals surface area contributed by atoms with E-state index >= 15 is 0 Å². The molecule has 90 valence electrons. The summed E-state index contributed by atoms with van der Waals surface area (Å²) < 4.78 is 0.842. The van der Waals surface area contributed by atoms with Gasteiger partial charge in [0.1, 0.15) is 0 Å². The van der Waals surface area contributed by atoms with E-state index in [0.717, 1.165) is 29.4 Å². The van der Waals surface area contributed by atoms with Gasteiger partial charge in [0.15, 0.2) is 5.78 Å². The molecule has 1 aliphatic heterocycles. The van der Waals surface area contributed by atoms with Crippen LogP contribution in [-0.2, 0) is 4.79 Å². The minimum atomic E-state index is 0.419. The molecule has 0 unspecified atom stereocenters. The Kier molecular flexibility index (Phi) is 4.83. The summed E-state index contributed by atoms with van der Waals surface area (Å²) in [6.07, 6.45) is 6.64. The highest BCUT2D eigenvalue weighted by Gasteiger charge is 2.20. The molecule has 1 fully saturated rings. The first kappa shape index (κ1) is 12.6. The topological polar surface area (TPSA) is 17.1 Å². The van der Waals surface area contributed by atoms with E-state index in [1.54, 1.807) is 0 Å². The number of allylic oxidation sites excluding steroid dienone is 2. The summed E-state index contributed by atoms with van der Waals surface area (Å²) in [5.41, 5.74) is 2.52. The summed E-state index contributed by atoms with van der Waals surface area (Å²) >= 11 is 4.22. The maximum Gasteiger partial charge on any atom is 0.159 e. The fourth-order valence-electron chi connectivity index (χ4n) is 2.38. The van der Waals surface area contributed by atoms with Crippen molar-refractivity contribution in [2.24, 2.45) is 0 Å². The number of Topliss-reactive ketones (excluding diaryl/α,β-unsaturated/α-hetero) is 1. The van der Waals surface area contributed by atoms with E-state index in [2.05, 4.69) is 30.4 Å². The summed E-state index contributed by atoms with van der Waals surface area (Å²) in [6.45, 7) is 2.13. The normalized spacial score (nSPS) is 22.4. The van der Waals surface area contributed by atoms with Crippen molar-refractivity contribution in [1.82, 2.24) is 0 Å². The minimum Gasteiger partial charge on any atom is -0.295 e. The van der Waals surface area contributed by atoms with Crippen LogP contribution in [0.1, 0.15) is 45.4 Å². The number of rotatable bonds is 5. The van der Waals surface area contributed by atoms with Gasteiger partial charge in [0, 0.05) is 17.9 Å². The molecule has 3 heteroatoms. The third-order valence-electron chi connectivity index (χ3n) is 3.39. The molecule has 0 aromatic rings. The van der Waals surface area contributed by atoms with Crippen LogP contribution in [0.25, 0.3) is 0 Å². The fraction of sp³-hybridized carbons (Fsp3) is 0.769. The zero-order chi connectivity index (χ0) is 11.4. The van der Waals surface area contributed by atoms with Crippen LogP contribution in [0.4, 0.5) is 0 Å². The molecular formula is C13H20OS2. The van der Waals surface area contributed by atoms with Gasteiger partial charge in [-0.3, -0.25) is 4.79 Å². The minimum absolute atomic E-state index is 0.419. The molecule has 2 aliphatic rings. The maximum absolute atomic E-state index is 11.6. The van der Waals surface area contributed by atoms with Crippen LogP contribution in [0.5, 0.6) is 0 Å². The molecule has 0 N–H and O–H groups in total. The fourth-order valence-corrected chi connectivity index (χ4v) is 5.30. The molecule has 0 bridgehead atoms. The van der Waals surface area contributed by atoms with Crippen LogP contribution in [0.15, 0.2) is 11.1 Å². The van der Waals surface area contributed by atoms with Gasteiger partial charge < -0.3 is 0 Å². The molecule has 1 nitrogen and oxygen atoms in total. The third kappa shape index (κ3) is 3.30. The van der Waals surface area contributed by atoms with E-state index in [9.17, 15) is 4.79 Å². The van der Waals surface area contributed by atoms with Gasteiger partial charge in [-0.25, -0.2) is 0 Å². The number of carbonyl (C=O) groups excluding carboxylic acids is 1. The molecule has 0 atom stereocenters. The van der Waals surface area contributed by atoms with Crippen molar-refractivity contribution >= 4 is 29.3 Å². The van der Waals surface area contributed by atoms with Crippen molar-refractivity contribution in [1.29, 1.82) is 0 Å². The summed E-state index contributed by atoms with van der Waals surface area (Å²) in [7, 11) is 0. The number of ketones is 1. The predicted octanol–water partition coefficient (Wildman–Crippen LogP) is 4.03. The lowest BCUT2D eigenvalue weighted by Crippen LogP contribution is -1.97. The number of hydrogen-bond donors (Lipinski definition) is 0. The molecule has 1 saturated heterocycles. The van der Waals surface area contributed by atoms with Crippen LogP contribution in [0, 0.1) is 0 Å². The number of hydrogen-bond acceptors (Lipinski definition) is 3. The lowest BCUT2D eigenvalue weighted by Gasteiger charge is -2.07. The lowest BCUT2D eigenvalue weighted by atomic mass is 10.0. The highest BCUT2D eigenvalue weighted by atomic mass is 32.2. The van der Waals surface area contributed by atoms with Gasteiger partial charge in [-0.1, -0.05) is 12.0 Å². The summed E-state index contributed by atoms with van der Waals surface area (Å²) in [5, 5.41) is 0. The zero-order valence-electron chi connectivity index (χ0n) is 9.96. The van der Waals surface area contributed by atoms with Crippen LogP contribution in [0.3, 0.4) is 0 Å². The Labute approximate surface area is 107 Å². The summed E-state index contributed by atoms with van der Waals surface area (Å²) in [5.74, 6) is 3.08. The molecule has 0 aromatic carbocycles. The van der Waals surface area contributed by atoms with Crippen LogP contribution in [0.2, 0.25) is 0 Å². The van der Waals surface area contributed by atoms with Crippen molar-refractivity contribution in [2.45, 2.75) is 50.0 Å². The molecule has 0 spiro atoms. The van der Waals surface area contributed by atoms with E-state index in [1.165, 1.54) is 36.3 Å². The van der Waals surface area contributed by atoms with Crippen molar-refractivity contribution < 1.29 is 4.79 Å². The van der Waals surface area contributed by atoms with Crippen LogP contribution in [-0.4, -0.2) is 21.9 Å². The van der Waals surface area contributed by atoms with Gasteiger partial charge >= 0.3 is 0 Å². The SMILES string of the molecule is CC1=C(CCCCC2SCCS2)C(=O)CC1. The second-order valence-corrected chi connectivity index (χ2v) is 7.52. The average molecular weight is 256 g/mol. The molecule has 2 rings (SSSR count). The van der Waals surface area contributed by atoms with Gasteiger partial charge in [-0.2, -0.15) is 0 Å². The third-order valence-corrected chi connectivity index (χ3v) is 6.56. The first-order valence-corrected chi connectivity index (χ1v) is 8.32. The Balaban J connectivity index is 1.64. The van der Waals surface area contributed by atoms with Crippen molar-refractivity contribution in [2.75, 3.05) is 11.5 Å². The van der Waals surface area contributed by atoms with Gasteiger partial charge in [0.2, 0.25) is 0 Å². The molecule has 0 radical (unpaired) electrons. The van der Waals surface area contributed by atoms with Crippen LogP contribution >= 0.6 is 23.5 Å². The Morgan fingerprint density at radius 2 is 1.94 bits per heavy atom. The maximum atomic E-state index is 11.6. The Bertz CT molecular complexity index is 290. The molecular weight excluding hydrogens is 236 g/mol. The molecule has 0 amide bonds. The van der Waals surface area contributed by atoms with E-state index in [1.807, 2.05) is 0 Å². The molecule has 1 heterocycles. The van der Waals surface area contributed by atoms with E-state index in [4.69, 9.17) is 0 Å². The predicted molar refractivity (Wildman–Crippen MR) is 74.1 cm³/mol. The smallest absolute Gasteiger partial charge is 0.159 e. The summed E-state index contributed by atoms with van der Waals surface area (Å²) in [4.78, 5) is 11.6. The highest BCUT2D eigenvalue weighted by molar-refractivity contribution is 8.20. The molecule has 0 aromatic heterocycles. The first-order chi connectivity index (χ1) is 7.77. The van der Waals surface area contributed by atoms with E-state index < -0.39 is 0 Å². The van der Waals surface area contributed by atoms with E-state index in [-0.39, 0.29) is 0 Å². The van der Waals surface area contributed by atoms with E-state index in [0.29, 0.717) is 5.78 Å². The highest BCUT2D eigenvalue weighted by Crippen LogP contribution is 2.35. The second-order valence-electron chi connectivity index (χ2n) is 4.60. The Morgan fingerprint density at radius 3 is 2.56 bits per heavy atom. The standard InChI is InChI=1S/C13H20OS2/c1-10-6-7-12(14)11(10)4-2-3-5-13-15-8-9-16-13/h13H,2-9H2,1H3. The van der Waals surface area contributed by atoms with Gasteiger partial charge in [0.05, 0.1) is 4.58 Å². The lowest BCUT2D eigenvalue weighted by molar-refractivity contribution is -0.115. The number of carbonyl (C=O) groups is 1. The zero-order valence-corrected chi connectivity index (χ0v) is 11.6.